The summed E-state index contributed by atoms with van der Waals surface area (Å²) in [6.07, 6.45) is 0.990. The second-order valence-corrected chi connectivity index (χ2v) is 5.16. The summed E-state index contributed by atoms with van der Waals surface area (Å²) in [4.78, 5) is 24.1. The Labute approximate surface area is 129 Å². The zero-order chi connectivity index (χ0) is 15.9. The van der Waals surface area contributed by atoms with Crippen molar-refractivity contribution in [3.63, 3.8) is 0 Å². The summed E-state index contributed by atoms with van der Waals surface area (Å²) in [6.45, 7) is 0.974. The Balaban J connectivity index is 2.08. The highest BCUT2D eigenvalue weighted by molar-refractivity contribution is 5.86. The lowest BCUT2D eigenvalue weighted by Gasteiger charge is -2.19. The van der Waals surface area contributed by atoms with Gasteiger partial charge >= 0.3 is 5.97 Å². The van der Waals surface area contributed by atoms with E-state index in [-0.39, 0.29) is 11.8 Å². The van der Waals surface area contributed by atoms with Crippen LogP contribution in [-0.4, -0.2) is 45.4 Å². The molecule has 1 amide bonds. The predicted octanol–water partition coefficient (Wildman–Crippen LogP) is 0.932. The van der Waals surface area contributed by atoms with Crippen molar-refractivity contribution in [2.24, 2.45) is 5.92 Å². The molecule has 2 rings (SSSR count). The molecule has 1 saturated heterocycles. The summed E-state index contributed by atoms with van der Waals surface area (Å²) >= 11 is 0. The van der Waals surface area contributed by atoms with Gasteiger partial charge in [0.1, 0.15) is 11.8 Å². The number of ether oxygens (including phenoxy) is 3. The zero-order valence-electron chi connectivity index (χ0n) is 12.8. The van der Waals surface area contributed by atoms with Gasteiger partial charge in [-0.1, -0.05) is 18.2 Å². The Kier molecular flexibility index (Phi) is 5.77. The standard InChI is InChI=1S/C16H21NO5/c1-20-14-6-4-3-5-11(14)9-13(16(19)21-2)17-15(18)12-7-8-22-10-12/h3-6,12-13H,7-10H2,1-2H3,(H,17,18)/t12-,13-/m1/s1. The molecule has 0 aromatic heterocycles. The topological polar surface area (TPSA) is 73.9 Å². The normalized spacial score (nSPS) is 18.5. The van der Waals surface area contributed by atoms with Crippen LogP contribution in [0.25, 0.3) is 0 Å². The summed E-state index contributed by atoms with van der Waals surface area (Å²) in [6, 6.07) is 6.65. The van der Waals surface area contributed by atoms with Crippen molar-refractivity contribution < 1.29 is 23.8 Å². The number of hydrogen-bond donors (Lipinski definition) is 1. The summed E-state index contributed by atoms with van der Waals surface area (Å²) in [5, 5.41) is 2.76. The highest BCUT2D eigenvalue weighted by Crippen LogP contribution is 2.20. The predicted molar refractivity (Wildman–Crippen MR) is 79.6 cm³/mol. The third kappa shape index (κ3) is 3.98. The SMILES string of the molecule is COC(=O)[C@@H](Cc1ccccc1OC)NC(=O)[C@@H]1CCOC1. The molecule has 0 radical (unpaired) electrons. The van der Waals surface area contributed by atoms with E-state index in [2.05, 4.69) is 5.32 Å². The second-order valence-electron chi connectivity index (χ2n) is 5.16. The molecule has 0 aliphatic carbocycles. The van der Waals surface area contributed by atoms with Gasteiger partial charge in [0.05, 0.1) is 26.7 Å². The number of carbonyl (C=O) groups excluding carboxylic acids is 2. The number of carbonyl (C=O) groups is 2. The van der Waals surface area contributed by atoms with Gasteiger partial charge in [0.25, 0.3) is 0 Å². The molecule has 0 spiro atoms. The van der Waals surface area contributed by atoms with E-state index in [1.54, 1.807) is 7.11 Å². The molecule has 2 atom stereocenters. The Morgan fingerprint density at radius 2 is 2.14 bits per heavy atom. The molecule has 0 bridgehead atoms. The fourth-order valence-corrected chi connectivity index (χ4v) is 2.46. The average molecular weight is 307 g/mol. The number of hydrogen-bond acceptors (Lipinski definition) is 5. The molecular weight excluding hydrogens is 286 g/mol. The number of esters is 1. The quantitative estimate of drug-likeness (QED) is 0.792. The third-order valence-electron chi connectivity index (χ3n) is 3.72. The Hall–Kier alpha value is -2.08. The molecule has 1 fully saturated rings. The Morgan fingerprint density at radius 3 is 2.77 bits per heavy atom. The highest BCUT2D eigenvalue weighted by atomic mass is 16.5. The summed E-state index contributed by atoms with van der Waals surface area (Å²) < 4.78 is 15.3. The van der Waals surface area contributed by atoms with Crippen LogP contribution in [0.3, 0.4) is 0 Å². The second kappa shape index (κ2) is 7.79. The van der Waals surface area contributed by atoms with Gasteiger partial charge < -0.3 is 19.5 Å². The number of para-hydroxylation sites is 1. The number of amides is 1. The van der Waals surface area contributed by atoms with Crippen molar-refractivity contribution in [1.29, 1.82) is 0 Å². The van der Waals surface area contributed by atoms with Crippen molar-refractivity contribution in [3.05, 3.63) is 29.8 Å². The van der Waals surface area contributed by atoms with E-state index < -0.39 is 12.0 Å². The van der Waals surface area contributed by atoms with Crippen molar-refractivity contribution in [2.75, 3.05) is 27.4 Å². The van der Waals surface area contributed by atoms with E-state index >= 15 is 0 Å². The number of rotatable bonds is 6. The minimum Gasteiger partial charge on any atom is -0.496 e. The van der Waals surface area contributed by atoms with Gasteiger partial charge in [0.2, 0.25) is 5.91 Å². The molecule has 1 aromatic carbocycles. The smallest absolute Gasteiger partial charge is 0.328 e. The molecule has 1 aromatic rings. The fourth-order valence-electron chi connectivity index (χ4n) is 2.46. The Bertz CT molecular complexity index is 525. The van der Waals surface area contributed by atoms with Gasteiger partial charge in [0, 0.05) is 13.0 Å². The van der Waals surface area contributed by atoms with E-state index in [4.69, 9.17) is 14.2 Å². The fraction of sp³-hybridized carbons (Fsp3) is 0.500. The van der Waals surface area contributed by atoms with E-state index in [0.717, 1.165) is 5.56 Å². The van der Waals surface area contributed by atoms with Gasteiger partial charge in [-0.25, -0.2) is 4.79 Å². The van der Waals surface area contributed by atoms with E-state index in [0.29, 0.717) is 31.8 Å². The van der Waals surface area contributed by atoms with Gasteiger partial charge in [-0.2, -0.15) is 0 Å². The van der Waals surface area contributed by atoms with Crippen LogP contribution in [0.5, 0.6) is 5.75 Å². The van der Waals surface area contributed by atoms with Crippen LogP contribution >= 0.6 is 0 Å². The molecule has 6 nitrogen and oxygen atoms in total. The number of nitrogens with one attached hydrogen (secondary N) is 1. The maximum atomic E-state index is 12.2. The first-order valence-electron chi connectivity index (χ1n) is 7.23. The van der Waals surface area contributed by atoms with Crippen molar-refractivity contribution in [2.45, 2.75) is 18.9 Å². The van der Waals surface area contributed by atoms with Crippen LogP contribution < -0.4 is 10.1 Å². The van der Waals surface area contributed by atoms with E-state index in [9.17, 15) is 9.59 Å². The lowest BCUT2D eigenvalue weighted by molar-refractivity contribution is -0.145. The largest absolute Gasteiger partial charge is 0.496 e. The van der Waals surface area contributed by atoms with Crippen LogP contribution in [0.15, 0.2) is 24.3 Å². The number of benzene rings is 1. The third-order valence-corrected chi connectivity index (χ3v) is 3.72. The van der Waals surface area contributed by atoms with Crippen LogP contribution in [0.2, 0.25) is 0 Å². The zero-order valence-corrected chi connectivity index (χ0v) is 12.8. The van der Waals surface area contributed by atoms with Gasteiger partial charge in [-0.05, 0) is 18.1 Å². The molecule has 0 unspecified atom stereocenters. The van der Waals surface area contributed by atoms with Crippen LogP contribution in [-0.2, 0) is 25.5 Å². The first kappa shape index (κ1) is 16.3. The van der Waals surface area contributed by atoms with E-state index in [1.165, 1.54) is 7.11 Å². The van der Waals surface area contributed by atoms with Crippen molar-refractivity contribution >= 4 is 11.9 Å². The number of methoxy groups -OCH3 is 2. The maximum Gasteiger partial charge on any atom is 0.328 e. The van der Waals surface area contributed by atoms with Crippen molar-refractivity contribution in [1.82, 2.24) is 5.32 Å². The summed E-state index contributed by atoms with van der Waals surface area (Å²) in [7, 11) is 2.88. The molecule has 1 aliphatic rings. The Morgan fingerprint density at radius 1 is 1.36 bits per heavy atom. The maximum absolute atomic E-state index is 12.2. The molecular formula is C16H21NO5. The van der Waals surface area contributed by atoms with Crippen LogP contribution in [0.1, 0.15) is 12.0 Å². The lowest BCUT2D eigenvalue weighted by Crippen LogP contribution is -2.45. The van der Waals surface area contributed by atoms with Crippen LogP contribution in [0, 0.1) is 5.92 Å². The highest BCUT2D eigenvalue weighted by Gasteiger charge is 2.29. The molecule has 22 heavy (non-hydrogen) atoms. The monoisotopic (exact) mass is 307 g/mol. The van der Waals surface area contributed by atoms with E-state index in [1.807, 2.05) is 24.3 Å². The molecule has 1 heterocycles. The minimum absolute atomic E-state index is 0.178. The lowest BCUT2D eigenvalue weighted by atomic mass is 10.0. The average Bonchev–Trinajstić information content (AvgIpc) is 3.08. The molecule has 120 valence electrons. The minimum atomic E-state index is -0.741. The molecule has 0 saturated carbocycles. The summed E-state index contributed by atoms with van der Waals surface area (Å²) in [5.41, 5.74) is 0.836. The van der Waals surface area contributed by atoms with Crippen LogP contribution in [0.4, 0.5) is 0 Å². The molecule has 1 aliphatic heterocycles. The van der Waals surface area contributed by atoms with Crippen molar-refractivity contribution in [3.8, 4) is 5.75 Å². The van der Waals surface area contributed by atoms with Gasteiger partial charge in [0.15, 0.2) is 0 Å². The molecule has 1 N–H and O–H groups in total. The first-order valence-corrected chi connectivity index (χ1v) is 7.23. The first-order chi connectivity index (χ1) is 10.7. The molecule has 6 heteroatoms. The van der Waals surface area contributed by atoms with Gasteiger partial charge in [-0.15, -0.1) is 0 Å². The van der Waals surface area contributed by atoms with Gasteiger partial charge in [-0.3, -0.25) is 4.79 Å². The summed E-state index contributed by atoms with van der Waals surface area (Å²) in [5.74, 6) is -0.180.